The third-order valence-corrected chi connectivity index (χ3v) is 19.1. The van der Waals surface area contributed by atoms with Crippen molar-refractivity contribution in [2.24, 2.45) is 0 Å². The van der Waals surface area contributed by atoms with Gasteiger partial charge in [0.15, 0.2) is 43.6 Å². The molecule has 4 atom stereocenters. The molecule has 4 aliphatic carbocycles. The molecule has 0 amide bonds. The van der Waals surface area contributed by atoms with Crippen molar-refractivity contribution >= 4 is 159 Å². The molecular formula is C70H49Br2ClN8O7S4. The van der Waals surface area contributed by atoms with E-state index >= 15 is 0 Å². The zero-order valence-corrected chi connectivity index (χ0v) is 55.4. The van der Waals surface area contributed by atoms with Crippen LogP contribution in [-0.2, 0) is 0 Å². The summed E-state index contributed by atoms with van der Waals surface area (Å²) in [5.74, 6) is 1.01. The quantitative estimate of drug-likeness (QED) is 0.0726. The highest BCUT2D eigenvalue weighted by Crippen LogP contribution is 2.46. The first-order valence-corrected chi connectivity index (χ1v) is 32.2. The molecule has 0 saturated carbocycles. The van der Waals surface area contributed by atoms with Crippen LogP contribution >= 0.6 is 92.3 Å². The number of benzene rings is 8. The molecule has 4 aliphatic heterocycles. The molecule has 0 radical (unpaired) electrons. The number of aryl methyl sites for hydroxylation is 1. The summed E-state index contributed by atoms with van der Waals surface area (Å²) in [6.07, 6.45) is 0. The second kappa shape index (κ2) is 25.1. The Hall–Kier alpha value is -9.19. The van der Waals surface area contributed by atoms with Crippen LogP contribution in [0.5, 0.6) is 17.2 Å². The average Bonchev–Trinajstić information content (AvgIpc) is 1.62. The summed E-state index contributed by atoms with van der Waals surface area (Å²) in [5.41, 5.74) is 16.5. The SMILES string of the molecule is COc1ccc(C2NC(=S)NC3=C2C(=O)c2ccccc23)cc1.Cc1ccc2c(c1)C(=O)C1=C2NC(=S)NC1c1cc(O)ccc1Br.O=C1C2=C(NC(=S)NC2c2cc(O)ccc2Br)c2ccc(Cl)cc21.O=C1C2=C(NC(=S)NC2c2ccccc2)c2ccccc21. The van der Waals surface area contributed by atoms with E-state index in [0.29, 0.717) is 59.0 Å². The molecule has 4 heterocycles. The number of ether oxygens (including phenoxy) is 1. The minimum Gasteiger partial charge on any atom is -0.508 e. The fourth-order valence-electron chi connectivity index (χ4n) is 12.4. The molecule has 0 spiro atoms. The van der Waals surface area contributed by atoms with Crippen molar-refractivity contribution in [3.05, 3.63) is 285 Å². The lowest BCUT2D eigenvalue weighted by Crippen LogP contribution is -2.43. The van der Waals surface area contributed by atoms with Gasteiger partial charge in [0.05, 0.1) is 76.4 Å². The third-order valence-electron chi connectivity index (χ3n) is 16.5. The van der Waals surface area contributed by atoms with Gasteiger partial charge in [0.25, 0.3) is 0 Å². The van der Waals surface area contributed by atoms with Gasteiger partial charge in [-0.3, -0.25) is 19.2 Å². The molecule has 16 rings (SSSR count). The monoisotopic (exact) mass is 1430 g/mol. The Labute approximate surface area is 570 Å². The number of methoxy groups -OCH3 is 1. The number of ketones is 4. The standard InChI is InChI=1S/C18H13BrN2O2S.C18H14N2O2S.C17H10BrClN2O2S.C17H12N2OS/c1-8-2-4-10-11(6-8)17(23)14-15(10)20-18(24)21-16(14)12-7-9(22)3-5-13(12)19;1-22-11-8-6-10(7-9-11)15-14-16(20-18(23)19-15)12-4-2-3-5-13(12)17(14)21;18-12-4-2-8(22)6-11(12)15-13-14(20-17(24)21-15)9-3-1-7(19)5-10(9)16(13)23;20-16-12-9-5-4-8-11(12)15-13(16)14(18-17(21)19-15)10-6-2-1-3-7-10/h2-7,16,22H,1H3,(H2,20,21,24);2-9,15H,1H3,(H2,19,20,23);1-6,15,22H,(H2,20,21,24);1-9,14H,(H2,18,19,21). The number of thiocarbonyl (C=S) groups is 4. The lowest BCUT2D eigenvalue weighted by atomic mass is 9.94. The number of aromatic hydroxyl groups is 2. The van der Waals surface area contributed by atoms with E-state index in [0.717, 1.165) is 98.6 Å². The molecule has 0 fully saturated rings. The number of hydrogen-bond donors (Lipinski definition) is 10. The molecule has 10 N–H and O–H groups in total. The number of hydrogen-bond acceptors (Lipinski definition) is 11. The second-order valence-corrected chi connectivity index (χ2v) is 25.8. The van der Waals surface area contributed by atoms with Gasteiger partial charge < -0.3 is 57.5 Å². The van der Waals surface area contributed by atoms with Crippen LogP contribution in [0, 0.1) is 6.92 Å². The van der Waals surface area contributed by atoms with Crippen LogP contribution in [0.25, 0.3) is 22.8 Å². The maximum atomic E-state index is 13.0. The number of rotatable bonds is 5. The largest absolute Gasteiger partial charge is 0.508 e. The van der Waals surface area contributed by atoms with Crippen LogP contribution in [0.1, 0.15) is 116 Å². The van der Waals surface area contributed by atoms with Crippen molar-refractivity contribution in [1.82, 2.24) is 42.5 Å². The summed E-state index contributed by atoms with van der Waals surface area (Å²) in [7, 11) is 1.63. The number of halogens is 3. The highest BCUT2D eigenvalue weighted by Gasteiger charge is 2.43. The minimum atomic E-state index is -0.464. The fourth-order valence-corrected chi connectivity index (χ4v) is 14.4. The number of carbonyl (C=O) groups is 4. The molecular weight excluding hydrogens is 1390 g/mol. The molecule has 0 aromatic heterocycles. The molecule has 92 heavy (non-hydrogen) atoms. The number of phenolic OH excluding ortho intramolecular Hbond substituents is 2. The predicted molar refractivity (Wildman–Crippen MR) is 378 cm³/mol. The van der Waals surface area contributed by atoms with Gasteiger partial charge in [0.2, 0.25) is 0 Å². The van der Waals surface area contributed by atoms with Crippen LogP contribution in [0.3, 0.4) is 0 Å². The smallest absolute Gasteiger partial charge is 0.194 e. The Bertz CT molecular complexity index is 4590. The molecule has 8 aliphatic rings. The van der Waals surface area contributed by atoms with Crippen molar-refractivity contribution in [3.63, 3.8) is 0 Å². The van der Waals surface area contributed by atoms with Crippen LogP contribution in [0.4, 0.5) is 0 Å². The van der Waals surface area contributed by atoms with Gasteiger partial charge >= 0.3 is 0 Å². The fraction of sp³-hybridized carbons (Fsp3) is 0.0857. The van der Waals surface area contributed by atoms with Gasteiger partial charge in [0, 0.05) is 58.5 Å². The van der Waals surface area contributed by atoms with E-state index < -0.39 is 12.1 Å². The molecule has 0 bridgehead atoms. The summed E-state index contributed by atoms with van der Waals surface area (Å²) < 4.78 is 6.77. The third kappa shape index (κ3) is 11.4. The first-order valence-electron chi connectivity index (χ1n) is 28.6. The molecule has 0 saturated heterocycles. The lowest BCUT2D eigenvalue weighted by Gasteiger charge is -2.29. The predicted octanol–water partition coefficient (Wildman–Crippen LogP) is 13.2. The first kappa shape index (κ1) is 61.7. The van der Waals surface area contributed by atoms with E-state index in [-0.39, 0.29) is 46.7 Å². The topological polar surface area (TPSA) is 214 Å². The average molecular weight is 1440 g/mol. The highest BCUT2D eigenvalue weighted by molar-refractivity contribution is 9.10. The first-order chi connectivity index (χ1) is 44.3. The van der Waals surface area contributed by atoms with Crippen LogP contribution in [0.2, 0.25) is 5.02 Å². The van der Waals surface area contributed by atoms with E-state index in [2.05, 4.69) is 74.4 Å². The second-order valence-electron chi connectivity index (χ2n) is 22.0. The summed E-state index contributed by atoms with van der Waals surface area (Å²) >= 11 is 34.3. The van der Waals surface area contributed by atoms with E-state index in [4.69, 9.17) is 65.2 Å². The molecule has 456 valence electrons. The highest BCUT2D eigenvalue weighted by atomic mass is 79.9. The maximum Gasteiger partial charge on any atom is 0.194 e. The summed E-state index contributed by atoms with van der Waals surface area (Å²) in [5, 5.41) is 47.3. The summed E-state index contributed by atoms with van der Waals surface area (Å²) in [4.78, 5) is 51.5. The van der Waals surface area contributed by atoms with Crippen LogP contribution < -0.4 is 47.3 Å². The Balaban J connectivity index is 0.000000112. The molecule has 22 heteroatoms. The molecule has 4 unspecified atom stereocenters. The van der Waals surface area contributed by atoms with E-state index in [1.165, 1.54) is 0 Å². The Morgan fingerprint density at radius 3 is 1.21 bits per heavy atom. The zero-order valence-electron chi connectivity index (χ0n) is 48.3. The Morgan fingerprint density at radius 2 is 0.761 bits per heavy atom. The zero-order chi connectivity index (χ0) is 64.4. The van der Waals surface area contributed by atoms with E-state index in [1.807, 2.05) is 134 Å². The normalized spacial score (nSPS) is 19.1. The Kier molecular flexibility index (Phi) is 16.8. The van der Waals surface area contributed by atoms with Crippen LogP contribution in [-0.4, -0.2) is 60.9 Å². The van der Waals surface area contributed by atoms with Gasteiger partial charge in [-0.15, -0.1) is 0 Å². The van der Waals surface area contributed by atoms with Crippen molar-refractivity contribution < 1.29 is 34.1 Å². The number of fused-ring (bicyclic) bond motifs is 8. The molecule has 15 nitrogen and oxygen atoms in total. The van der Waals surface area contributed by atoms with Crippen molar-refractivity contribution in [1.29, 1.82) is 0 Å². The van der Waals surface area contributed by atoms with E-state index in [9.17, 15) is 29.4 Å². The lowest BCUT2D eigenvalue weighted by molar-refractivity contribution is 0.102. The number of carbonyl (C=O) groups excluding carboxylic acids is 4. The van der Waals surface area contributed by atoms with Gasteiger partial charge in [-0.05, 0) is 145 Å². The van der Waals surface area contributed by atoms with Gasteiger partial charge in [-0.1, -0.05) is 158 Å². The van der Waals surface area contributed by atoms with Crippen LogP contribution in [0.15, 0.2) is 207 Å². The minimum absolute atomic E-state index is 0.0218. The van der Waals surface area contributed by atoms with Crippen molar-refractivity contribution in [2.75, 3.05) is 7.11 Å². The van der Waals surface area contributed by atoms with Crippen molar-refractivity contribution in [2.45, 2.75) is 31.1 Å². The maximum absolute atomic E-state index is 13.0. The summed E-state index contributed by atoms with van der Waals surface area (Å²) in [6.45, 7) is 1.96. The van der Waals surface area contributed by atoms with E-state index in [1.54, 1.807) is 55.6 Å². The van der Waals surface area contributed by atoms with Crippen molar-refractivity contribution in [3.8, 4) is 17.2 Å². The number of phenols is 2. The van der Waals surface area contributed by atoms with Gasteiger partial charge in [-0.25, -0.2) is 0 Å². The Morgan fingerprint density at radius 1 is 0.402 bits per heavy atom. The summed E-state index contributed by atoms with van der Waals surface area (Å²) in [6, 6.07) is 52.4. The van der Waals surface area contributed by atoms with Gasteiger partial charge in [-0.2, -0.15) is 0 Å². The molecule has 8 aromatic carbocycles. The van der Waals surface area contributed by atoms with Gasteiger partial charge in [0.1, 0.15) is 17.2 Å². The molecule has 8 aromatic rings. The number of nitrogens with one attached hydrogen (secondary N) is 8. The number of Topliss-reactive ketones (excluding diaryl/α,β-unsaturated/α-hetero) is 4.